The van der Waals surface area contributed by atoms with E-state index in [-0.39, 0.29) is 0 Å². The van der Waals surface area contributed by atoms with Crippen LogP contribution in [0.25, 0.3) is 21.3 Å². The predicted molar refractivity (Wildman–Crippen MR) is 85.7 cm³/mol. The fraction of sp³-hybridized carbons (Fsp3) is 0.176. The van der Waals surface area contributed by atoms with Crippen molar-refractivity contribution in [2.75, 3.05) is 0 Å². The summed E-state index contributed by atoms with van der Waals surface area (Å²) in [6, 6.07) is 15.8. The van der Waals surface area contributed by atoms with E-state index in [1.165, 1.54) is 11.5 Å². The number of hydrogen-bond acceptors (Lipinski definition) is 3. The molecule has 0 fully saturated rings. The average Bonchev–Trinajstić information content (AvgIpc) is 2.92. The van der Waals surface area contributed by atoms with Gasteiger partial charge in [-0.1, -0.05) is 49.4 Å². The molecule has 3 nitrogen and oxygen atoms in total. The van der Waals surface area contributed by atoms with Crippen LogP contribution in [0.2, 0.25) is 0 Å². The van der Waals surface area contributed by atoms with Crippen LogP contribution in [0.4, 0.5) is 0 Å². The molecule has 2 aromatic carbocycles. The van der Waals surface area contributed by atoms with Crippen LogP contribution in [-0.4, -0.2) is 15.4 Å². The molecule has 0 aliphatic heterocycles. The van der Waals surface area contributed by atoms with Crippen molar-refractivity contribution in [1.82, 2.24) is 4.37 Å². The highest BCUT2D eigenvalue weighted by molar-refractivity contribution is 7.13. The fourth-order valence-corrected chi connectivity index (χ4v) is 3.32. The summed E-state index contributed by atoms with van der Waals surface area (Å²) in [4.78, 5) is 11.2. The third-order valence-corrected chi connectivity index (χ3v) is 4.50. The topological polar surface area (TPSA) is 50.2 Å². The molecule has 0 amide bonds. The number of carboxylic acid groups (broad SMARTS) is 1. The van der Waals surface area contributed by atoms with Gasteiger partial charge in [-0.25, -0.2) is 0 Å². The molecule has 3 aromatic rings. The number of hydrogen-bond donors (Lipinski definition) is 1. The smallest absolute Gasteiger partial charge is 0.310 e. The van der Waals surface area contributed by atoms with Gasteiger partial charge in [-0.2, -0.15) is 4.37 Å². The van der Waals surface area contributed by atoms with E-state index in [0.29, 0.717) is 6.42 Å². The first kappa shape index (κ1) is 13.8. The summed E-state index contributed by atoms with van der Waals surface area (Å²) in [6.45, 7) is 1.89. The third-order valence-electron chi connectivity index (χ3n) is 3.67. The molecule has 1 atom stereocenters. The van der Waals surface area contributed by atoms with E-state index in [9.17, 15) is 9.90 Å². The molecule has 0 aliphatic carbocycles. The normalized spacial score (nSPS) is 12.4. The van der Waals surface area contributed by atoms with E-state index < -0.39 is 11.9 Å². The summed E-state index contributed by atoms with van der Waals surface area (Å²) < 4.78 is 5.68. The molecular formula is C17H15NO2S. The number of benzene rings is 2. The molecule has 0 radical (unpaired) electrons. The molecule has 0 saturated heterocycles. The number of nitrogens with zero attached hydrogens (tertiary/aromatic N) is 1. The number of carbonyl (C=O) groups is 1. The molecule has 1 heterocycles. The number of aliphatic carboxylic acids is 1. The molecule has 0 aliphatic rings. The molecule has 0 saturated carbocycles. The maximum atomic E-state index is 11.2. The molecular weight excluding hydrogens is 282 g/mol. The summed E-state index contributed by atoms with van der Waals surface area (Å²) in [5, 5.41) is 10.3. The van der Waals surface area contributed by atoms with Gasteiger partial charge < -0.3 is 5.11 Å². The Labute approximate surface area is 127 Å². The van der Waals surface area contributed by atoms with Crippen LogP contribution in [0.1, 0.15) is 24.8 Å². The van der Waals surface area contributed by atoms with E-state index in [2.05, 4.69) is 16.5 Å². The van der Waals surface area contributed by atoms with Crippen LogP contribution in [0.5, 0.6) is 0 Å². The Morgan fingerprint density at radius 1 is 1.19 bits per heavy atom. The minimum atomic E-state index is -0.774. The highest BCUT2D eigenvalue weighted by atomic mass is 32.1. The second-order valence-corrected chi connectivity index (χ2v) is 5.75. The van der Waals surface area contributed by atoms with E-state index in [1.807, 2.05) is 43.3 Å². The average molecular weight is 297 g/mol. The van der Waals surface area contributed by atoms with Crippen molar-refractivity contribution in [3.63, 3.8) is 0 Å². The Hall–Kier alpha value is -2.20. The fourth-order valence-electron chi connectivity index (χ4n) is 2.52. The minimum Gasteiger partial charge on any atom is -0.481 e. The SMILES string of the molecule is CCC(C(=O)O)c1ccc(-c2nsc3ccccc23)cc1. The molecule has 1 N–H and O–H groups in total. The van der Waals surface area contributed by atoms with Crippen LogP contribution in [0.15, 0.2) is 48.5 Å². The van der Waals surface area contributed by atoms with Gasteiger partial charge in [0, 0.05) is 10.9 Å². The van der Waals surface area contributed by atoms with Gasteiger partial charge in [0.1, 0.15) is 0 Å². The first-order chi connectivity index (χ1) is 10.2. The molecule has 1 aromatic heterocycles. The number of fused-ring (bicyclic) bond motifs is 1. The van der Waals surface area contributed by atoms with Gasteiger partial charge in [-0.3, -0.25) is 4.79 Å². The Bertz CT molecular complexity index is 777. The summed E-state index contributed by atoms with van der Waals surface area (Å²) in [6.07, 6.45) is 0.592. The largest absolute Gasteiger partial charge is 0.481 e. The van der Waals surface area contributed by atoms with Crippen molar-refractivity contribution in [2.45, 2.75) is 19.3 Å². The molecule has 0 spiro atoms. The van der Waals surface area contributed by atoms with Gasteiger partial charge in [0.25, 0.3) is 0 Å². The number of aromatic nitrogens is 1. The zero-order valence-electron chi connectivity index (χ0n) is 11.6. The highest BCUT2D eigenvalue weighted by Gasteiger charge is 2.17. The second-order valence-electron chi connectivity index (χ2n) is 4.95. The lowest BCUT2D eigenvalue weighted by molar-refractivity contribution is -0.138. The van der Waals surface area contributed by atoms with Crippen LogP contribution >= 0.6 is 11.5 Å². The van der Waals surface area contributed by atoms with Crippen LogP contribution in [0, 0.1) is 0 Å². The van der Waals surface area contributed by atoms with Crippen molar-refractivity contribution in [3.05, 3.63) is 54.1 Å². The van der Waals surface area contributed by atoms with Crippen molar-refractivity contribution in [2.24, 2.45) is 0 Å². The quantitative estimate of drug-likeness (QED) is 0.769. The molecule has 4 heteroatoms. The maximum absolute atomic E-state index is 11.2. The van der Waals surface area contributed by atoms with Gasteiger partial charge in [0.05, 0.1) is 16.3 Å². The molecule has 106 valence electrons. The second kappa shape index (κ2) is 5.66. The standard InChI is InChI=1S/C17H15NO2S/c1-2-13(17(19)20)11-7-9-12(10-8-11)16-14-5-3-4-6-15(14)21-18-16/h3-10,13H,2H2,1H3,(H,19,20). The van der Waals surface area contributed by atoms with Crippen molar-refractivity contribution in [3.8, 4) is 11.3 Å². The van der Waals surface area contributed by atoms with Gasteiger partial charge >= 0.3 is 5.97 Å². The van der Waals surface area contributed by atoms with Gasteiger partial charge in [0.2, 0.25) is 0 Å². The summed E-state index contributed by atoms with van der Waals surface area (Å²) in [5.41, 5.74) is 2.83. The van der Waals surface area contributed by atoms with Crippen LogP contribution in [0.3, 0.4) is 0 Å². The highest BCUT2D eigenvalue weighted by Crippen LogP contribution is 2.31. The number of carboxylic acids is 1. The Kier molecular flexibility index (Phi) is 3.71. The van der Waals surface area contributed by atoms with E-state index in [4.69, 9.17) is 0 Å². The van der Waals surface area contributed by atoms with Crippen molar-refractivity contribution >= 4 is 27.6 Å². The lowest BCUT2D eigenvalue weighted by atomic mass is 9.95. The van der Waals surface area contributed by atoms with Gasteiger partial charge in [-0.15, -0.1) is 0 Å². The Morgan fingerprint density at radius 2 is 1.90 bits per heavy atom. The first-order valence-corrected chi connectivity index (χ1v) is 7.65. The zero-order chi connectivity index (χ0) is 14.8. The summed E-state index contributed by atoms with van der Waals surface area (Å²) in [7, 11) is 0. The van der Waals surface area contributed by atoms with Crippen LogP contribution in [-0.2, 0) is 4.79 Å². The first-order valence-electron chi connectivity index (χ1n) is 6.88. The monoisotopic (exact) mass is 297 g/mol. The van der Waals surface area contributed by atoms with Crippen molar-refractivity contribution < 1.29 is 9.90 Å². The number of rotatable bonds is 4. The Balaban J connectivity index is 1.99. The predicted octanol–water partition coefficient (Wildman–Crippen LogP) is 4.54. The summed E-state index contributed by atoms with van der Waals surface area (Å²) in [5.74, 6) is -1.21. The van der Waals surface area contributed by atoms with E-state index >= 15 is 0 Å². The van der Waals surface area contributed by atoms with Gasteiger partial charge in [-0.05, 0) is 29.6 Å². The molecule has 0 bridgehead atoms. The van der Waals surface area contributed by atoms with Gasteiger partial charge in [0.15, 0.2) is 0 Å². The molecule has 1 unspecified atom stereocenters. The maximum Gasteiger partial charge on any atom is 0.310 e. The van der Waals surface area contributed by atoms with E-state index in [1.54, 1.807) is 0 Å². The third kappa shape index (κ3) is 2.54. The Morgan fingerprint density at radius 3 is 2.57 bits per heavy atom. The molecule has 21 heavy (non-hydrogen) atoms. The lowest BCUT2D eigenvalue weighted by Crippen LogP contribution is -2.10. The minimum absolute atomic E-state index is 0.439. The lowest BCUT2D eigenvalue weighted by Gasteiger charge is -2.10. The zero-order valence-corrected chi connectivity index (χ0v) is 12.4. The van der Waals surface area contributed by atoms with Crippen LogP contribution < -0.4 is 0 Å². The van der Waals surface area contributed by atoms with E-state index in [0.717, 1.165) is 26.9 Å². The van der Waals surface area contributed by atoms with Crippen molar-refractivity contribution in [1.29, 1.82) is 0 Å². The summed E-state index contributed by atoms with van der Waals surface area (Å²) >= 11 is 1.48. The molecule has 3 rings (SSSR count).